The zero-order valence-corrected chi connectivity index (χ0v) is 14.3. The number of nitrogens with two attached hydrogens (primary N) is 1. The second-order valence-electron chi connectivity index (χ2n) is 6.11. The van der Waals surface area contributed by atoms with Crippen molar-refractivity contribution >= 4 is 17.0 Å². The van der Waals surface area contributed by atoms with E-state index in [1.54, 1.807) is 0 Å². The highest BCUT2D eigenvalue weighted by molar-refractivity contribution is 7.09. The van der Waals surface area contributed by atoms with Crippen molar-refractivity contribution in [2.45, 2.75) is 52.7 Å². The van der Waals surface area contributed by atoms with Crippen molar-refractivity contribution in [3.8, 4) is 0 Å². The van der Waals surface area contributed by atoms with E-state index in [1.165, 1.54) is 21.7 Å². The predicted octanol–water partition coefficient (Wildman–Crippen LogP) is 4.36. The van der Waals surface area contributed by atoms with Gasteiger partial charge in [-0.15, -0.1) is 11.3 Å². The van der Waals surface area contributed by atoms with E-state index in [4.69, 9.17) is 5.73 Å². The molecule has 3 heteroatoms. The minimum Gasteiger partial charge on any atom is -0.364 e. The molecule has 0 spiro atoms. The van der Waals surface area contributed by atoms with Crippen LogP contribution in [0.15, 0.2) is 35.7 Å². The molecule has 1 atom stereocenters. The molecule has 2 nitrogen and oxygen atoms in total. The fourth-order valence-corrected chi connectivity index (χ4v) is 3.32. The molecule has 0 bridgehead atoms. The van der Waals surface area contributed by atoms with Crippen molar-refractivity contribution in [2.24, 2.45) is 5.73 Å². The molecule has 0 aliphatic carbocycles. The number of rotatable bonds is 6. The van der Waals surface area contributed by atoms with Gasteiger partial charge in [0.05, 0.1) is 6.54 Å². The fraction of sp³-hybridized carbons (Fsp3) is 0.444. The Morgan fingerprint density at radius 1 is 1.19 bits per heavy atom. The van der Waals surface area contributed by atoms with E-state index >= 15 is 0 Å². The zero-order chi connectivity index (χ0) is 15.4. The Bertz CT molecular complexity index is 559. The van der Waals surface area contributed by atoms with Crippen molar-refractivity contribution in [3.05, 3.63) is 51.7 Å². The minimum atomic E-state index is 0.182. The molecule has 0 saturated carbocycles. The number of anilines is 1. The maximum absolute atomic E-state index is 6.04. The second kappa shape index (κ2) is 7.10. The van der Waals surface area contributed by atoms with Gasteiger partial charge in [-0.2, -0.15) is 0 Å². The minimum absolute atomic E-state index is 0.182. The summed E-state index contributed by atoms with van der Waals surface area (Å²) in [4.78, 5) is 3.87. The summed E-state index contributed by atoms with van der Waals surface area (Å²) in [6.07, 6.45) is 0.921. The van der Waals surface area contributed by atoms with Crippen LogP contribution in [0.2, 0.25) is 0 Å². The van der Waals surface area contributed by atoms with E-state index in [-0.39, 0.29) is 6.04 Å². The Balaban J connectivity index is 2.35. The first-order chi connectivity index (χ1) is 9.97. The smallest absolute Gasteiger partial charge is 0.0525 e. The molecule has 0 amide bonds. The Kier molecular flexibility index (Phi) is 5.43. The van der Waals surface area contributed by atoms with Crippen LogP contribution in [0.25, 0.3) is 0 Å². The Hall–Kier alpha value is -1.32. The van der Waals surface area contributed by atoms with Crippen molar-refractivity contribution < 1.29 is 0 Å². The van der Waals surface area contributed by atoms with Gasteiger partial charge in [-0.1, -0.05) is 23.8 Å². The number of hydrogen-bond donors (Lipinski definition) is 1. The van der Waals surface area contributed by atoms with Gasteiger partial charge < -0.3 is 10.6 Å². The van der Waals surface area contributed by atoms with Gasteiger partial charge in [-0.3, -0.25) is 0 Å². The molecule has 2 aromatic rings. The SMILES string of the molecule is Cc1ccc(N(Cc2cccs2)C(C)C)c(CC(C)N)c1. The molecule has 0 aliphatic heterocycles. The lowest BCUT2D eigenvalue weighted by molar-refractivity contribution is 0.673. The summed E-state index contributed by atoms with van der Waals surface area (Å²) < 4.78 is 0. The molecule has 1 unspecified atom stereocenters. The van der Waals surface area contributed by atoms with Crippen LogP contribution in [0.3, 0.4) is 0 Å². The Labute approximate surface area is 132 Å². The van der Waals surface area contributed by atoms with Gasteiger partial charge in [0.25, 0.3) is 0 Å². The molecule has 0 fully saturated rings. The molecule has 2 N–H and O–H groups in total. The average molecular weight is 302 g/mol. The molecule has 0 radical (unpaired) electrons. The number of thiophene rings is 1. The van der Waals surface area contributed by atoms with Gasteiger partial charge in [-0.05, 0) is 57.2 Å². The maximum atomic E-state index is 6.04. The Morgan fingerprint density at radius 3 is 2.52 bits per heavy atom. The number of hydrogen-bond acceptors (Lipinski definition) is 3. The third-order valence-corrected chi connectivity index (χ3v) is 4.48. The first kappa shape index (κ1) is 16.1. The molecule has 0 saturated heterocycles. The van der Waals surface area contributed by atoms with Crippen LogP contribution in [0.5, 0.6) is 0 Å². The molecular weight excluding hydrogens is 276 g/mol. The second-order valence-corrected chi connectivity index (χ2v) is 7.15. The van der Waals surface area contributed by atoms with Crippen molar-refractivity contribution in [1.29, 1.82) is 0 Å². The summed E-state index contributed by atoms with van der Waals surface area (Å²) >= 11 is 1.82. The zero-order valence-electron chi connectivity index (χ0n) is 13.5. The first-order valence-electron chi connectivity index (χ1n) is 7.61. The van der Waals surface area contributed by atoms with E-state index in [1.807, 2.05) is 11.3 Å². The summed E-state index contributed by atoms with van der Waals surface area (Å²) in [5, 5.41) is 2.14. The summed E-state index contributed by atoms with van der Waals surface area (Å²) in [5.41, 5.74) is 10.0. The highest BCUT2D eigenvalue weighted by Gasteiger charge is 2.16. The van der Waals surface area contributed by atoms with Crippen LogP contribution in [-0.4, -0.2) is 12.1 Å². The van der Waals surface area contributed by atoms with Gasteiger partial charge >= 0.3 is 0 Å². The molecule has 1 heterocycles. The quantitative estimate of drug-likeness (QED) is 0.859. The monoisotopic (exact) mass is 302 g/mol. The molecule has 0 aliphatic rings. The lowest BCUT2D eigenvalue weighted by Gasteiger charge is -2.31. The van der Waals surface area contributed by atoms with Gasteiger partial charge in [0.2, 0.25) is 0 Å². The summed E-state index contributed by atoms with van der Waals surface area (Å²) in [6.45, 7) is 9.69. The molecule has 1 aromatic heterocycles. The number of aryl methyl sites for hydroxylation is 1. The molecule has 21 heavy (non-hydrogen) atoms. The standard InChI is InChI=1S/C18H26N2S/c1-13(2)20(12-17-6-5-9-21-17)18-8-7-14(3)10-16(18)11-15(4)19/h5-10,13,15H,11-12,19H2,1-4H3. The fourth-order valence-electron chi connectivity index (χ4n) is 2.62. The van der Waals surface area contributed by atoms with E-state index in [2.05, 4.69) is 68.3 Å². The summed E-state index contributed by atoms with van der Waals surface area (Å²) in [6, 6.07) is 11.7. The van der Waals surface area contributed by atoms with E-state index in [0.717, 1.165) is 13.0 Å². The Morgan fingerprint density at radius 2 is 1.95 bits per heavy atom. The molecule has 2 rings (SSSR count). The van der Waals surface area contributed by atoms with Gasteiger partial charge in [0.1, 0.15) is 0 Å². The predicted molar refractivity (Wildman–Crippen MR) is 94.2 cm³/mol. The first-order valence-corrected chi connectivity index (χ1v) is 8.49. The van der Waals surface area contributed by atoms with Gasteiger partial charge in [0, 0.05) is 22.6 Å². The topological polar surface area (TPSA) is 29.3 Å². The average Bonchev–Trinajstić information content (AvgIpc) is 2.89. The van der Waals surface area contributed by atoms with E-state index in [9.17, 15) is 0 Å². The van der Waals surface area contributed by atoms with Crippen LogP contribution < -0.4 is 10.6 Å². The molecule has 114 valence electrons. The van der Waals surface area contributed by atoms with E-state index in [0.29, 0.717) is 6.04 Å². The highest BCUT2D eigenvalue weighted by Crippen LogP contribution is 2.27. The van der Waals surface area contributed by atoms with Gasteiger partial charge in [0.15, 0.2) is 0 Å². The van der Waals surface area contributed by atoms with Crippen LogP contribution in [0.4, 0.5) is 5.69 Å². The van der Waals surface area contributed by atoms with Crippen LogP contribution in [-0.2, 0) is 13.0 Å². The highest BCUT2D eigenvalue weighted by atomic mass is 32.1. The molecule has 1 aromatic carbocycles. The third kappa shape index (κ3) is 4.32. The van der Waals surface area contributed by atoms with Crippen molar-refractivity contribution in [1.82, 2.24) is 0 Å². The number of nitrogens with zero attached hydrogens (tertiary/aromatic N) is 1. The normalized spacial score (nSPS) is 12.7. The van der Waals surface area contributed by atoms with Crippen LogP contribution >= 0.6 is 11.3 Å². The summed E-state index contributed by atoms with van der Waals surface area (Å²) in [5.74, 6) is 0. The lowest BCUT2D eigenvalue weighted by Crippen LogP contribution is -2.31. The van der Waals surface area contributed by atoms with Crippen molar-refractivity contribution in [3.63, 3.8) is 0 Å². The van der Waals surface area contributed by atoms with Gasteiger partial charge in [-0.25, -0.2) is 0 Å². The summed E-state index contributed by atoms with van der Waals surface area (Å²) in [7, 11) is 0. The third-order valence-electron chi connectivity index (χ3n) is 3.62. The lowest BCUT2D eigenvalue weighted by atomic mass is 10.0. The molecular formula is C18H26N2S. The number of benzene rings is 1. The van der Waals surface area contributed by atoms with Crippen LogP contribution in [0, 0.1) is 6.92 Å². The largest absolute Gasteiger partial charge is 0.364 e. The van der Waals surface area contributed by atoms with E-state index < -0.39 is 0 Å². The van der Waals surface area contributed by atoms with Crippen LogP contribution in [0.1, 0.15) is 36.8 Å². The maximum Gasteiger partial charge on any atom is 0.0525 e. The van der Waals surface area contributed by atoms with Crippen molar-refractivity contribution in [2.75, 3.05) is 4.90 Å².